The number of rotatable bonds is 2. The third-order valence-electron chi connectivity index (χ3n) is 3.49. The number of carbonyl (C=O) groups excluding carboxylic acids is 1. The van der Waals surface area contributed by atoms with Crippen molar-refractivity contribution in [3.05, 3.63) is 0 Å². The maximum absolute atomic E-state index is 12.8. The summed E-state index contributed by atoms with van der Waals surface area (Å²) in [4.78, 5) is 24.0. The molecule has 1 rings (SSSR count). The molecule has 116 valence electrons. The van der Waals surface area contributed by atoms with E-state index in [0.29, 0.717) is 32.9 Å². The lowest BCUT2D eigenvalue weighted by atomic mass is 10.0. The minimum Gasteiger partial charge on any atom is -0.479 e. The SMILES string of the molecule is CC(NC(=O)N1CCCCCCC1)(C(=O)O)C(F)(F)F. The van der Waals surface area contributed by atoms with E-state index in [9.17, 15) is 22.8 Å². The van der Waals surface area contributed by atoms with Crippen LogP contribution in [0.2, 0.25) is 0 Å². The molecule has 1 aliphatic heterocycles. The van der Waals surface area contributed by atoms with Crippen molar-refractivity contribution in [1.82, 2.24) is 10.2 Å². The highest BCUT2D eigenvalue weighted by Gasteiger charge is 2.58. The lowest BCUT2D eigenvalue weighted by Crippen LogP contribution is -2.64. The van der Waals surface area contributed by atoms with E-state index in [1.807, 2.05) is 0 Å². The first-order valence-corrected chi connectivity index (χ1v) is 6.55. The van der Waals surface area contributed by atoms with Gasteiger partial charge in [-0.3, -0.25) is 0 Å². The molecule has 20 heavy (non-hydrogen) atoms. The largest absolute Gasteiger partial charge is 0.479 e. The Balaban J connectivity index is 2.77. The molecule has 1 fully saturated rings. The van der Waals surface area contributed by atoms with Crippen LogP contribution < -0.4 is 5.32 Å². The summed E-state index contributed by atoms with van der Waals surface area (Å²) in [7, 11) is 0. The molecule has 8 heteroatoms. The number of hydrogen-bond donors (Lipinski definition) is 2. The van der Waals surface area contributed by atoms with Gasteiger partial charge in [-0.2, -0.15) is 13.2 Å². The number of carboxylic acid groups (broad SMARTS) is 1. The minimum absolute atomic E-state index is 0.347. The van der Waals surface area contributed by atoms with E-state index in [1.54, 1.807) is 5.32 Å². The van der Waals surface area contributed by atoms with Gasteiger partial charge in [0, 0.05) is 13.1 Å². The van der Waals surface area contributed by atoms with Gasteiger partial charge in [-0.15, -0.1) is 0 Å². The molecule has 0 spiro atoms. The summed E-state index contributed by atoms with van der Waals surface area (Å²) >= 11 is 0. The number of aliphatic carboxylic acids is 1. The van der Waals surface area contributed by atoms with Crippen LogP contribution >= 0.6 is 0 Å². The molecule has 0 saturated carbocycles. The summed E-state index contributed by atoms with van der Waals surface area (Å²) in [5, 5.41) is 10.4. The van der Waals surface area contributed by atoms with Gasteiger partial charge < -0.3 is 15.3 Å². The Labute approximate surface area is 115 Å². The van der Waals surface area contributed by atoms with Gasteiger partial charge in [0.2, 0.25) is 5.54 Å². The Morgan fingerprint density at radius 1 is 1.05 bits per heavy atom. The van der Waals surface area contributed by atoms with Gasteiger partial charge in [0.15, 0.2) is 0 Å². The topological polar surface area (TPSA) is 69.6 Å². The monoisotopic (exact) mass is 296 g/mol. The van der Waals surface area contributed by atoms with Crippen molar-refractivity contribution in [3.8, 4) is 0 Å². The predicted molar refractivity (Wildman–Crippen MR) is 65.3 cm³/mol. The highest BCUT2D eigenvalue weighted by Crippen LogP contribution is 2.30. The Bertz CT molecular complexity index is 365. The second kappa shape index (κ2) is 6.32. The van der Waals surface area contributed by atoms with Crippen LogP contribution in [0, 0.1) is 0 Å². The van der Waals surface area contributed by atoms with Crippen LogP contribution in [-0.4, -0.2) is 46.8 Å². The second-order valence-corrected chi connectivity index (χ2v) is 5.11. The minimum atomic E-state index is -5.06. The van der Waals surface area contributed by atoms with Gasteiger partial charge in [0.05, 0.1) is 0 Å². The normalized spacial score (nSPS) is 20.5. The third-order valence-corrected chi connectivity index (χ3v) is 3.49. The number of alkyl halides is 3. The number of halogens is 3. The van der Waals surface area contributed by atoms with Gasteiger partial charge in [0.25, 0.3) is 0 Å². The molecular weight excluding hydrogens is 277 g/mol. The molecule has 0 radical (unpaired) electrons. The number of hydrogen-bond acceptors (Lipinski definition) is 2. The number of nitrogens with one attached hydrogen (secondary N) is 1. The van der Waals surface area contributed by atoms with Crippen molar-refractivity contribution in [3.63, 3.8) is 0 Å². The highest BCUT2D eigenvalue weighted by molar-refractivity contribution is 5.86. The summed E-state index contributed by atoms with van der Waals surface area (Å²) in [6, 6.07) is -0.978. The van der Waals surface area contributed by atoms with Crippen LogP contribution in [0.3, 0.4) is 0 Å². The Morgan fingerprint density at radius 2 is 1.50 bits per heavy atom. The van der Waals surface area contributed by atoms with Gasteiger partial charge in [-0.1, -0.05) is 19.3 Å². The number of carbonyl (C=O) groups is 2. The van der Waals surface area contributed by atoms with Crippen molar-refractivity contribution < 1.29 is 27.9 Å². The molecule has 0 aromatic carbocycles. The number of nitrogens with zero attached hydrogens (tertiary/aromatic N) is 1. The van der Waals surface area contributed by atoms with Crippen molar-refractivity contribution >= 4 is 12.0 Å². The maximum atomic E-state index is 12.8. The van der Waals surface area contributed by atoms with Gasteiger partial charge in [0.1, 0.15) is 0 Å². The van der Waals surface area contributed by atoms with Crippen molar-refractivity contribution in [2.24, 2.45) is 0 Å². The molecule has 5 nitrogen and oxygen atoms in total. The maximum Gasteiger partial charge on any atom is 0.422 e. The van der Waals surface area contributed by atoms with E-state index in [1.165, 1.54) is 4.90 Å². The fourth-order valence-electron chi connectivity index (χ4n) is 1.99. The summed E-state index contributed by atoms with van der Waals surface area (Å²) in [5.74, 6) is -2.12. The summed E-state index contributed by atoms with van der Waals surface area (Å²) in [6.07, 6.45) is -0.757. The molecule has 0 aromatic heterocycles. The molecule has 2 N–H and O–H groups in total. The lowest BCUT2D eigenvalue weighted by molar-refractivity contribution is -0.203. The molecule has 1 aliphatic rings. The summed E-state index contributed by atoms with van der Waals surface area (Å²) in [6.45, 7) is 1.15. The summed E-state index contributed by atoms with van der Waals surface area (Å²) < 4.78 is 38.4. The average Bonchev–Trinajstić information content (AvgIpc) is 2.25. The van der Waals surface area contributed by atoms with Crippen LogP contribution in [0.4, 0.5) is 18.0 Å². The Kier molecular flexibility index (Phi) is 5.24. The Morgan fingerprint density at radius 3 is 1.90 bits per heavy atom. The van der Waals surface area contributed by atoms with E-state index in [4.69, 9.17) is 5.11 Å². The van der Waals surface area contributed by atoms with E-state index < -0.39 is 23.7 Å². The summed E-state index contributed by atoms with van der Waals surface area (Å²) in [5.41, 5.74) is -3.27. The standard InChI is InChI=1S/C12H19F3N2O3/c1-11(9(18)19,12(13,14)15)16-10(20)17-7-5-3-2-4-6-8-17/h2-8H2,1H3,(H,16,20)(H,18,19). The first kappa shape index (κ1) is 16.6. The zero-order valence-electron chi connectivity index (χ0n) is 11.3. The number of likely N-dealkylation sites (tertiary alicyclic amines) is 1. The predicted octanol–water partition coefficient (Wildman–Crippen LogP) is 2.37. The fourth-order valence-corrected chi connectivity index (χ4v) is 1.99. The molecule has 1 saturated heterocycles. The average molecular weight is 296 g/mol. The first-order chi connectivity index (χ1) is 9.18. The van der Waals surface area contributed by atoms with Crippen LogP contribution in [0.15, 0.2) is 0 Å². The zero-order valence-corrected chi connectivity index (χ0v) is 11.3. The van der Waals surface area contributed by atoms with Gasteiger partial charge in [-0.05, 0) is 19.8 Å². The number of urea groups is 1. The van der Waals surface area contributed by atoms with Crippen molar-refractivity contribution in [2.45, 2.75) is 50.7 Å². The third kappa shape index (κ3) is 3.77. The molecular formula is C12H19F3N2O3. The molecule has 1 heterocycles. The fraction of sp³-hybridized carbons (Fsp3) is 0.833. The molecule has 0 aliphatic carbocycles. The number of carboxylic acids is 1. The van der Waals surface area contributed by atoms with Crippen LogP contribution in [0.5, 0.6) is 0 Å². The molecule has 0 aromatic rings. The van der Waals surface area contributed by atoms with Crippen LogP contribution in [0.1, 0.15) is 39.0 Å². The van der Waals surface area contributed by atoms with E-state index in [2.05, 4.69) is 0 Å². The molecule has 1 atom stereocenters. The zero-order chi connectivity index (χ0) is 15.4. The second-order valence-electron chi connectivity index (χ2n) is 5.11. The van der Waals surface area contributed by atoms with Crippen LogP contribution in [-0.2, 0) is 4.79 Å². The molecule has 1 unspecified atom stereocenters. The smallest absolute Gasteiger partial charge is 0.422 e. The molecule has 2 amide bonds. The van der Waals surface area contributed by atoms with E-state index in [-0.39, 0.29) is 0 Å². The van der Waals surface area contributed by atoms with Gasteiger partial charge in [-0.25, -0.2) is 9.59 Å². The van der Waals surface area contributed by atoms with E-state index in [0.717, 1.165) is 19.3 Å². The Hall–Kier alpha value is -1.47. The van der Waals surface area contributed by atoms with E-state index >= 15 is 0 Å². The van der Waals surface area contributed by atoms with Gasteiger partial charge >= 0.3 is 18.2 Å². The lowest BCUT2D eigenvalue weighted by Gasteiger charge is -2.32. The van der Waals surface area contributed by atoms with Crippen LogP contribution in [0.25, 0.3) is 0 Å². The quantitative estimate of drug-likeness (QED) is 0.822. The first-order valence-electron chi connectivity index (χ1n) is 6.55. The number of amides is 2. The van der Waals surface area contributed by atoms with Crippen molar-refractivity contribution in [1.29, 1.82) is 0 Å². The highest BCUT2D eigenvalue weighted by atomic mass is 19.4. The van der Waals surface area contributed by atoms with Crippen molar-refractivity contribution in [2.75, 3.05) is 13.1 Å². The molecule has 0 bridgehead atoms.